The molecule has 13 heteroatoms. The molecule has 0 amide bonds. The fourth-order valence-electron chi connectivity index (χ4n) is 3.13. The number of hydrogen-bond donors (Lipinski definition) is 4. The zero-order chi connectivity index (χ0) is 22.1. The molecule has 3 rings (SSSR count). The summed E-state index contributed by atoms with van der Waals surface area (Å²) >= 11 is 6.10. The molecule has 1 aromatic heterocycles. The predicted molar refractivity (Wildman–Crippen MR) is 104 cm³/mol. The molecule has 0 saturated carbocycles. The molecule has 1 aliphatic rings. The van der Waals surface area contributed by atoms with E-state index in [0.717, 1.165) is 27.0 Å². The molecule has 11 nitrogen and oxygen atoms in total. The first-order valence-corrected chi connectivity index (χ1v) is 10.8. The Morgan fingerprint density at radius 3 is 2.50 bits per heavy atom. The zero-order valence-corrected chi connectivity index (χ0v) is 17.1. The first-order valence-electron chi connectivity index (χ1n) is 8.85. The van der Waals surface area contributed by atoms with E-state index in [2.05, 4.69) is 4.52 Å². The van der Waals surface area contributed by atoms with Crippen LogP contribution in [0, 0.1) is 0 Å². The third-order valence-electron chi connectivity index (χ3n) is 4.68. The Bertz CT molecular complexity index is 1070. The number of benzene rings is 1. The lowest BCUT2D eigenvalue weighted by Gasteiger charge is -2.19. The van der Waals surface area contributed by atoms with Crippen LogP contribution in [0.15, 0.2) is 46.1 Å². The molecule has 1 aliphatic heterocycles. The second kappa shape index (κ2) is 9.13. The number of phosphoric acid groups is 1. The normalized spacial score (nSPS) is 24.3. The predicted octanol–water partition coefficient (Wildman–Crippen LogP) is -0.365. The molecule has 0 radical (unpaired) electrons. The lowest BCUT2D eigenvalue weighted by molar-refractivity contribution is -0.0548. The Morgan fingerprint density at radius 1 is 1.13 bits per heavy atom. The minimum atomic E-state index is -4.82. The van der Waals surface area contributed by atoms with Gasteiger partial charge in [-0.1, -0.05) is 29.8 Å². The number of aliphatic hydroxyl groups is 2. The number of rotatable bonds is 7. The number of aryl methyl sites for hydroxylation is 1. The van der Waals surface area contributed by atoms with Gasteiger partial charge in [0.1, 0.15) is 18.3 Å². The summed E-state index contributed by atoms with van der Waals surface area (Å²) in [6.07, 6.45) is -4.43. The van der Waals surface area contributed by atoms with Crippen LogP contribution in [-0.4, -0.2) is 54.1 Å². The number of halogens is 1. The second-order valence-electron chi connectivity index (χ2n) is 6.67. The molecule has 2 aromatic rings. The van der Waals surface area contributed by atoms with Crippen LogP contribution in [0.4, 0.5) is 0 Å². The third-order valence-corrected chi connectivity index (χ3v) is 5.53. The maximum Gasteiger partial charge on any atom is 0.469 e. The van der Waals surface area contributed by atoms with Crippen LogP contribution in [0.1, 0.15) is 11.8 Å². The van der Waals surface area contributed by atoms with Crippen LogP contribution in [0.25, 0.3) is 0 Å². The first kappa shape index (κ1) is 22.9. The highest BCUT2D eigenvalue weighted by Crippen LogP contribution is 2.38. The number of nitrogens with zero attached hydrogens (tertiary/aromatic N) is 2. The van der Waals surface area contributed by atoms with Crippen LogP contribution >= 0.6 is 19.4 Å². The van der Waals surface area contributed by atoms with Gasteiger partial charge in [-0.2, -0.15) is 0 Å². The summed E-state index contributed by atoms with van der Waals surface area (Å²) in [7, 11) is -4.82. The van der Waals surface area contributed by atoms with Crippen molar-refractivity contribution in [3.8, 4) is 0 Å². The monoisotopic (exact) mass is 462 g/mol. The number of aromatic nitrogens is 2. The highest BCUT2D eigenvalue weighted by atomic mass is 35.5. The fraction of sp³-hybridized carbons (Fsp3) is 0.412. The van der Waals surface area contributed by atoms with Gasteiger partial charge in [0.05, 0.1) is 6.61 Å². The lowest BCUT2D eigenvalue weighted by Crippen LogP contribution is -2.43. The topological polar surface area (TPSA) is 160 Å². The van der Waals surface area contributed by atoms with Crippen LogP contribution in [0.2, 0.25) is 5.02 Å². The van der Waals surface area contributed by atoms with Crippen molar-refractivity contribution in [2.45, 2.75) is 37.5 Å². The average molecular weight is 463 g/mol. The van der Waals surface area contributed by atoms with Crippen molar-refractivity contribution < 1.29 is 33.8 Å². The molecule has 4 N–H and O–H groups in total. The largest absolute Gasteiger partial charge is 0.469 e. The number of aliphatic hydroxyl groups excluding tert-OH is 2. The number of phosphoric ester groups is 1. The van der Waals surface area contributed by atoms with E-state index in [-0.39, 0.29) is 6.54 Å². The highest BCUT2D eigenvalue weighted by Gasteiger charge is 2.45. The number of hydrogen-bond acceptors (Lipinski definition) is 7. The van der Waals surface area contributed by atoms with Gasteiger partial charge in [-0.15, -0.1) is 0 Å². The van der Waals surface area contributed by atoms with Crippen LogP contribution in [0.5, 0.6) is 0 Å². The molecule has 0 aliphatic carbocycles. The minimum Gasteiger partial charge on any atom is -0.387 e. The van der Waals surface area contributed by atoms with Gasteiger partial charge in [0, 0.05) is 23.8 Å². The quantitative estimate of drug-likeness (QED) is 0.402. The van der Waals surface area contributed by atoms with Crippen molar-refractivity contribution in [3.05, 3.63) is 68.0 Å². The molecule has 0 bridgehead atoms. The molecular formula is C17H20ClN2O9P. The summed E-state index contributed by atoms with van der Waals surface area (Å²) in [6.45, 7) is -0.696. The van der Waals surface area contributed by atoms with Crippen molar-refractivity contribution >= 4 is 19.4 Å². The molecule has 164 valence electrons. The first-order chi connectivity index (χ1) is 14.1. The van der Waals surface area contributed by atoms with Crippen molar-refractivity contribution in [1.29, 1.82) is 0 Å². The van der Waals surface area contributed by atoms with E-state index in [4.69, 9.17) is 26.1 Å². The van der Waals surface area contributed by atoms with Crippen LogP contribution in [0.3, 0.4) is 0 Å². The second-order valence-corrected chi connectivity index (χ2v) is 8.32. The Labute approximate surface area is 174 Å². The summed E-state index contributed by atoms with van der Waals surface area (Å²) in [6, 6.07) is 8.09. The molecule has 1 fully saturated rings. The van der Waals surface area contributed by atoms with Crippen LogP contribution in [-0.2, 0) is 26.8 Å². The van der Waals surface area contributed by atoms with E-state index in [1.165, 1.54) is 0 Å². The molecule has 1 aromatic carbocycles. The lowest BCUT2D eigenvalue weighted by atomic mass is 10.1. The molecule has 4 atom stereocenters. The summed E-state index contributed by atoms with van der Waals surface area (Å²) < 4.78 is 22.4. The number of ether oxygens (including phenoxy) is 1. The van der Waals surface area contributed by atoms with Gasteiger partial charge in [-0.25, -0.2) is 9.36 Å². The molecule has 0 spiro atoms. The van der Waals surface area contributed by atoms with Crippen molar-refractivity contribution in [3.63, 3.8) is 0 Å². The maximum atomic E-state index is 12.8. The zero-order valence-electron chi connectivity index (χ0n) is 15.4. The van der Waals surface area contributed by atoms with Gasteiger partial charge >= 0.3 is 13.5 Å². The van der Waals surface area contributed by atoms with Gasteiger partial charge < -0.3 is 24.7 Å². The van der Waals surface area contributed by atoms with Crippen molar-refractivity contribution in [1.82, 2.24) is 9.13 Å². The smallest absolute Gasteiger partial charge is 0.387 e. The maximum absolute atomic E-state index is 12.8. The summed E-state index contributed by atoms with van der Waals surface area (Å²) in [5.74, 6) is 0. The Balaban J connectivity index is 1.82. The molecule has 0 unspecified atom stereocenters. The Kier molecular flexibility index (Phi) is 6.95. The Morgan fingerprint density at radius 2 is 1.83 bits per heavy atom. The van der Waals surface area contributed by atoms with Crippen molar-refractivity contribution in [2.24, 2.45) is 0 Å². The van der Waals surface area contributed by atoms with Gasteiger partial charge in [0.15, 0.2) is 6.23 Å². The van der Waals surface area contributed by atoms with E-state index >= 15 is 0 Å². The third kappa shape index (κ3) is 5.08. The van der Waals surface area contributed by atoms with E-state index < -0.39 is 50.2 Å². The minimum absolute atomic E-state index is 0.0123. The Hall–Kier alpha value is -1.82. The highest BCUT2D eigenvalue weighted by molar-refractivity contribution is 7.46. The molecular weight excluding hydrogens is 443 g/mol. The summed E-state index contributed by atoms with van der Waals surface area (Å²) in [5, 5.41) is 20.8. The van der Waals surface area contributed by atoms with Crippen molar-refractivity contribution in [2.75, 3.05) is 6.61 Å². The van der Waals surface area contributed by atoms with E-state index in [9.17, 15) is 24.4 Å². The fourth-order valence-corrected chi connectivity index (χ4v) is 3.70. The molecule has 2 heterocycles. The summed E-state index contributed by atoms with van der Waals surface area (Å²) in [5.41, 5.74) is -0.622. The van der Waals surface area contributed by atoms with Gasteiger partial charge in [-0.05, 0) is 18.1 Å². The summed E-state index contributed by atoms with van der Waals surface area (Å²) in [4.78, 5) is 42.6. The van der Waals surface area contributed by atoms with Gasteiger partial charge in [-0.3, -0.25) is 18.5 Å². The van der Waals surface area contributed by atoms with E-state index in [1.54, 1.807) is 24.3 Å². The molecule has 30 heavy (non-hydrogen) atoms. The van der Waals surface area contributed by atoms with Gasteiger partial charge in [0.2, 0.25) is 0 Å². The van der Waals surface area contributed by atoms with Gasteiger partial charge in [0.25, 0.3) is 5.56 Å². The standard InChI is InChI=1S/C17H20ClN2O9P/c18-11-4-2-1-3-10(11)5-7-19-13(21)6-8-20(17(19)24)16-15(23)14(22)12(29-16)9-28-30(25,26)27/h1-4,6,8,12,14-16,22-23H,5,7,9H2,(H2,25,26,27)/t12-,14+,15+,16-/m1/s1. The SMILES string of the molecule is O=c1ccn([C@@H]2O[C@H](COP(=O)(O)O)[C@H](O)[C@@H]2O)c(=O)n1CCc1ccccc1Cl. The molecule has 1 saturated heterocycles. The average Bonchev–Trinajstić information content (AvgIpc) is 2.95. The van der Waals surface area contributed by atoms with E-state index in [0.29, 0.717) is 11.4 Å². The van der Waals surface area contributed by atoms with Crippen LogP contribution < -0.4 is 11.2 Å². The van der Waals surface area contributed by atoms with E-state index in [1.807, 2.05) is 0 Å².